The van der Waals surface area contributed by atoms with E-state index in [1.807, 2.05) is 30.0 Å². The molecule has 0 saturated carbocycles. The Bertz CT molecular complexity index is 468. The summed E-state index contributed by atoms with van der Waals surface area (Å²) in [5.41, 5.74) is 2.19. The van der Waals surface area contributed by atoms with Gasteiger partial charge in [-0.1, -0.05) is 35.8 Å². The van der Waals surface area contributed by atoms with E-state index in [0.717, 1.165) is 35.1 Å². The van der Waals surface area contributed by atoms with E-state index in [0.29, 0.717) is 0 Å². The Morgan fingerprint density at radius 1 is 1.39 bits per heavy atom. The van der Waals surface area contributed by atoms with E-state index in [1.165, 1.54) is 6.42 Å². The van der Waals surface area contributed by atoms with Crippen molar-refractivity contribution in [3.8, 4) is 0 Å². The van der Waals surface area contributed by atoms with Crippen molar-refractivity contribution >= 4 is 21.8 Å². The Morgan fingerprint density at radius 3 is 2.72 bits per heavy atom. The predicted molar refractivity (Wildman–Crippen MR) is 77.8 cm³/mol. The number of amides is 1. The van der Waals surface area contributed by atoms with Crippen LogP contribution in [-0.4, -0.2) is 23.9 Å². The second-order valence-corrected chi connectivity index (χ2v) is 6.81. The normalized spacial score (nSPS) is 18.8. The summed E-state index contributed by atoms with van der Waals surface area (Å²) in [6.45, 7) is 8.24. The maximum absolute atomic E-state index is 12.5. The van der Waals surface area contributed by atoms with Gasteiger partial charge >= 0.3 is 0 Å². The molecule has 0 atom stereocenters. The SMILES string of the molecule is Cc1ccc(C(=O)N2CCCC(C)(C)C2)cc1Br. The zero-order valence-corrected chi connectivity index (χ0v) is 12.9. The fourth-order valence-electron chi connectivity index (χ4n) is 2.51. The molecule has 1 aromatic rings. The molecule has 1 aliphatic rings. The molecule has 0 aliphatic carbocycles. The molecule has 1 aromatic carbocycles. The van der Waals surface area contributed by atoms with Crippen LogP contribution in [0.2, 0.25) is 0 Å². The minimum Gasteiger partial charge on any atom is -0.338 e. The maximum Gasteiger partial charge on any atom is 0.253 e. The van der Waals surface area contributed by atoms with Gasteiger partial charge in [0.2, 0.25) is 0 Å². The number of carbonyl (C=O) groups excluding carboxylic acids is 1. The van der Waals surface area contributed by atoms with E-state index >= 15 is 0 Å². The number of halogens is 1. The van der Waals surface area contributed by atoms with Gasteiger partial charge in [-0.2, -0.15) is 0 Å². The molecule has 0 unspecified atom stereocenters. The Labute approximate surface area is 117 Å². The summed E-state index contributed by atoms with van der Waals surface area (Å²) < 4.78 is 1.00. The summed E-state index contributed by atoms with van der Waals surface area (Å²) in [5, 5.41) is 0. The lowest BCUT2D eigenvalue weighted by molar-refractivity contribution is 0.0583. The molecule has 1 saturated heterocycles. The van der Waals surface area contributed by atoms with Crippen molar-refractivity contribution in [2.24, 2.45) is 5.41 Å². The van der Waals surface area contributed by atoms with Crippen LogP contribution in [0, 0.1) is 12.3 Å². The Hall–Kier alpha value is -0.830. The van der Waals surface area contributed by atoms with E-state index in [-0.39, 0.29) is 11.3 Å². The van der Waals surface area contributed by atoms with Crippen LogP contribution in [-0.2, 0) is 0 Å². The number of nitrogens with zero attached hydrogens (tertiary/aromatic N) is 1. The van der Waals surface area contributed by atoms with Gasteiger partial charge < -0.3 is 4.90 Å². The number of hydrogen-bond acceptors (Lipinski definition) is 1. The van der Waals surface area contributed by atoms with Crippen molar-refractivity contribution in [3.63, 3.8) is 0 Å². The molecule has 1 amide bonds. The van der Waals surface area contributed by atoms with Gasteiger partial charge in [0.05, 0.1) is 0 Å². The van der Waals surface area contributed by atoms with Gasteiger partial charge in [0, 0.05) is 23.1 Å². The first-order chi connectivity index (χ1) is 8.39. The van der Waals surface area contributed by atoms with Gasteiger partial charge in [-0.15, -0.1) is 0 Å². The second kappa shape index (κ2) is 5.04. The molecule has 0 radical (unpaired) electrons. The van der Waals surface area contributed by atoms with Gasteiger partial charge in [0.15, 0.2) is 0 Å². The number of likely N-dealkylation sites (tertiary alicyclic amines) is 1. The summed E-state index contributed by atoms with van der Waals surface area (Å²) in [7, 11) is 0. The number of benzene rings is 1. The van der Waals surface area contributed by atoms with E-state index in [9.17, 15) is 4.79 Å². The fourth-order valence-corrected chi connectivity index (χ4v) is 2.88. The van der Waals surface area contributed by atoms with Crippen LogP contribution in [0.5, 0.6) is 0 Å². The standard InChI is InChI=1S/C15H20BrNO/c1-11-5-6-12(9-13(11)16)14(18)17-8-4-7-15(2,3)10-17/h5-6,9H,4,7-8,10H2,1-3H3. The summed E-state index contributed by atoms with van der Waals surface area (Å²) in [6.07, 6.45) is 2.31. The van der Waals surface area contributed by atoms with Crippen LogP contribution >= 0.6 is 15.9 Å². The molecule has 18 heavy (non-hydrogen) atoms. The first-order valence-corrected chi connectivity index (χ1v) is 7.24. The molecule has 1 aliphatic heterocycles. The molecular weight excluding hydrogens is 290 g/mol. The second-order valence-electron chi connectivity index (χ2n) is 5.96. The molecule has 0 bridgehead atoms. The van der Waals surface area contributed by atoms with Gasteiger partial charge in [0.25, 0.3) is 5.91 Å². The third-order valence-electron chi connectivity index (χ3n) is 3.61. The van der Waals surface area contributed by atoms with Gasteiger partial charge in [0.1, 0.15) is 0 Å². The molecule has 2 nitrogen and oxygen atoms in total. The first-order valence-electron chi connectivity index (χ1n) is 6.44. The van der Waals surface area contributed by atoms with Crippen molar-refractivity contribution in [1.29, 1.82) is 0 Å². The lowest BCUT2D eigenvalue weighted by atomic mass is 9.84. The summed E-state index contributed by atoms with van der Waals surface area (Å²) in [5.74, 6) is 0.156. The highest BCUT2D eigenvalue weighted by Crippen LogP contribution is 2.29. The quantitative estimate of drug-likeness (QED) is 0.767. The molecule has 98 valence electrons. The van der Waals surface area contributed by atoms with Gasteiger partial charge in [-0.25, -0.2) is 0 Å². The third-order valence-corrected chi connectivity index (χ3v) is 4.46. The lowest BCUT2D eigenvalue weighted by Crippen LogP contribution is -2.43. The minimum absolute atomic E-state index is 0.156. The highest BCUT2D eigenvalue weighted by Gasteiger charge is 2.29. The highest BCUT2D eigenvalue weighted by atomic mass is 79.9. The summed E-state index contributed by atoms with van der Waals surface area (Å²) >= 11 is 3.49. The van der Waals surface area contributed by atoms with E-state index in [4.69, 9.17) is 0 Å². The van der Waals surface area contributed by atoms with Crippen molar-refractivity contribution in [2.45, 2.75) is 33.6 Å². The first kappa shape index (κ1) is 13.6. The van der Waals surface area contributed by atoms with Crippen LogP contribution in [0.3, 0.4) is 0 Å². The maximum atomic E-state index is 12.5. The largest absolute Gasteiger partial charge is 0.338 e. The third kappa shape index (κ3) is 2.94. The zero-order chi connectivity index (χ0) is 13.3. The van der Waals surface area contributed by atoms with Crippen LogP contribution in [0.1, 0.15) is 42.6 Å². The van der Waals surface area contributed by atoms with E-state index in [1.54, 1.807) is 0 Å². The van der Waals surface area contributed by atoms with Crippen LogP contribution in [0.15, 0.2) is 22.7 Å². The van der Waals surface area contributed by atoms with E-state index < -0.39 is 0 Å². The minimum atomic E-state index is 0.156. The number of rotatable bonds is 1. The fraction of sp³-hybridized carbons (Fsp3) is 0.533. The van der Waals surface area contributed by atoms with Crippen molar-refractivity contribution in [2.75, 3.05) is 13.1 Å². The molecule has 0 aromatic heterocycles. The highest BCUT2D eigenvalue weighted by molar-refractivity contribution is 9.10. The molecule has 1 fully saturated rings. The van der Waals surface area contributed by atoms with Gasteiger partial charge in [-0.3, -0.25) is 4.79 Å². The molecule has 0 spiro atoms. The molecule has 2 rings (SSSR count). The Kier molecular flexibility index (Phi) is 3.81. The monoisotopic (exact) mass is 309 g/mol. The average Bonchev–Trinajstić information content (AvgIpc) is 2.30. The van der Waals surface area contributed by atoms with Crippen molar-refractivity contribution in [3.05, 3.63) is 33.8 Å². The zero-order valence-electron chi connectivity index (χ0n) is 11.3. The Morgan fingerprint density at radius 2 is 2.11 bits per heavy atom. The number of piperidine rings is 1. The summed E-state index contributed by atoms with van der Waals surface area (Å²) in [4.78, 5) is 14.4. The summed E-state index contributed by atoms with van der Waals surface area (Å²) in [6, 6.07) is 5.84. The van der Waals surface area contributed by atoms with Crippen LogP contribution in [0.25, 0.3) is 0 Å². The average molecular weight is 310 g/mol. The van der Waals surface area contributed by atoms with Crippen molar-refractivity contribution < 1.29 is 4.79 Å². The number of aryl methyl sites for hydroxylation is 1. The number of carbonyl (C=O) groups is 1. The lowest BCUT2D eigenvalue weighted by Gasteiger charge is -2.38. The predicted octanol–water partition coefficient (Wildman–Crippen LogP) is 4.02. The molecule has 0 N–H and O–H groups in total. The molecule has 3 heteroatoms. The Balaban J connectivity index is 2.18. The number of hydrogen-bond donors (Lipinski definition) is 0. The van der Waals surface area contributed by atoms with E-state index in [2.05, 4.69) is 29.8 Å². The van der Waals surface area contributed by atoms with Gasteiger partial charge in [-0.05, 0) is 42.9 Å². The molecule has 1 heterocycles. The van der Waals surface area contributed by atoms with Crippen LogP contribution in [0.4, 0.5) is 0 Å². The van der Waals surface area contributed by atoms with Crippen molar-refractivity contribution in [1.82, 2.24) is 4.90 Å². The smallest absolute Gasteiger partial charge is 0.253 e. The van der Waals surface area contributed by atoms with Crippen LogP contribution < -0.4 is 0 Å². The molecular formula is C15H20BrNO. The topological polar surface area (TPSA) is 20.3 Å².